The van der Waals surface area contributed by atoms with Gasteiger partial charge in [0.25, 0.3) is 11.5 Å². The van der Waals surface area contributed by atoms with Gasteiger partial charge in [-0.15, -0.1) is 0 Å². The maximum absolute atomic E-state index is 14.5. The topological polar surface area (TPSA) is 104 Å². The summed E-state index contributed by atoms with van der Waals surface area (Å²) in [7, 11) is 3.36. The monoisotopic (exact) mass is 420 g/mol. The molecule has 1 N–H and O–H groups in total. The van der Waals surface area contributed by atoms with Crippen LogP contribution in [0.25, 0.3) is 11.4 Å². The highest BCUT2D eigenvalue weighted by atomic mass is 19.1. The van der Waals surface area contributed by atoms with E-state index in [1.54, 1.807) is 35.3 Å². The molecule has 10 heteroatoms. The number of halogens is 1. The van der Waals surface area contributed by atoms with E-state index in [-0.39, 0.29) is 17.1 Å². The van der Waals surface area contributed by atoms with Crippen molar-refractivity contribution in [2.75, 3.05) is 5.32 Å². The number of rotatable bonds is 5. The van der Waals surface area contributed by atoms with Crippen molar-refractivity contribution in [3.05, 3.63) is 83.2 Å². The Balaban J connectivity index is 1.51. The van der Waals surface area contributed by atoms with Gasteiger partial charge < -0.3 is 19.2 Å². The minimum atomic E-state index is -0.808. The second-order valence-corrected chi connectivity index (χ2v) is 6.70. The Labute approximate surface area is 175 Å². The van der Waals surface area contributed by atoms with E-state index < -0.39 is 17.3 Å². The molecule has 0 saturated heterocycles. The van der Waals surface area contributed by atoms with Crippen molar-refractivity contribution in [1.29, 1.82) is 0 Å². The van der Waals surface area contributed by atoms with Crippen LogP contribution in [0, 0.1) is 5.82 Å². The van der Waals surface area contributed by atoms with Crippen LogP contribution in [0.3, 0.4) is 0 Å². The molecule has 0 aliphatic carbocycles. The summed E-state index contributed by atoms with van der Waals surface area (Å²) in [5.74, 6) is -1.33. The number of anilines is 1. The number of ether oxygens (including phenoxy) is 1. The Morgan fingerprint density at radius 2 is 1.94 bits per heavy atom. The van der Waals surface area contributed by atoms with Gasteiger partial charge in [0.2, 0.25) is 0 Å². The van der Waals surface area contributed by atoms with E-state index in [0.29, 0.717) is 17.1 Å². The van der Waals surface area contributed by atoms with Gasteiger partial charge in [-0.2, -0.15) is 0 Å². The van der Waals surface area contributed by atoms with E-state index in [0.717, 1.165) is 6.07 Å². The zero-order valence-corrected chi connectivity index (χ0v) is 16.6. The number of amides is 1. The first-order chi connectivity index (χ1) is 14.9. The molecule has 0 radical (unpaired) electrons. The third-order valence-corrected chi connectivity index (χ3v) is 4.35. The minimum Gasteiger partial charge on any atom is -0.456 e. The van der Waals surface area contributed by atoms with Crippen molar-refractivity contribution in [3.8, 4) is 22.9 Å². The highest BCUT2D eigenvalue weighted by Crippen LogP contribution is 2.26. The molecule has 0 saturated carbocycles. The van der Waals surface area contributed by atoms with Crippen LogP contribution in [0.5, 0.6) is 11.5 Å². The van der Waals surface area contributed by atoms with Crippen molar-refractivity contribution in [1.82, 2.24) is 24.1 Å². The van der Waals surface area contributed by atoms with Crippen molar-refractivity contribution in [2.45, 2.75) is 0 Å². The van der Waals surface area contributed by atoms with E-state index >= 15 is 0 Å². The van der Waals surface area contributed by atoms with Crippen LogP contribution in [0.1, 0.15) is 10.4 Å². The molecule has 0 spiro atoms. The smallest absolute Gasteiger partial charge is 0.263 e. The van der Waals surface area contributed by atoms with E-state index in [4.69, 9.17) is 4.74 Å². The third kappa shape index (κ3) is 4.32. The lowest BCUT2D eigenvalue weighted by atomic mass is 10.2. The summed E-state index contributed by atoms with van der Waals surface area (Å²) < 4.78 is 23.2. The molecule has 4 rings (SSSR count). The predicted molar refractivity (Wildman–Crippen MR) is 110 cm³/mol. The number of aromatic nitrogens is 5. The van der Waals surface area contributed by atoms with Crippen molar-refractivity contribution >= 4 is 11.7 Å². The van der Waals surface area contributed by atoms with Crippen molar-refractivity contribution < 1.29 is 13.9 Å². The van der Waals surface area contributed by atoms with Gasteiger partial charge in [-0.1, -0.05) is 0 Å². The number of pyridine rings is 3. The number of nitrogens with zero attached hydrogens (tertiary/aromatic N) is 5. The van der Waals surface area contributed by atoms with Gasteiger partial charge in [0.05, 0.1) is 18.2 Å². The number of hydrogen-bond donors (Lipinski definition) is 1. The van der Waals surface area contributed by atoms with E-state index in [9.17, 15) is 14.0 Å². The van der Waals surface area contributed by atoms with Gasteiger partial charge in [-0.3, -0.25) is 14.6 Å². The minimum absolute atomic E-state index is 0.120. The highest BCUT2D eigenvalue weighted by molar-refractivity contribution is 6.03. The van der Waals surface area contributed by atoms with E-state index in [1.165, 1.54) is 30.1 Å². The highest BCUT2D eigenvalue weighted by Gasteiger charge is 2.15. The number of carbonyl (C=O) groups excluding carboxylic acids is 1. The first kappa shape index (κ1) is 20.0. The molecule has 0 aliphatic heterocycles. The number of carbonyl (C=O) groups is 1. The van der Waals surface area contributed by atoms with Crippen LogP contribution in [0.2, 0.25) is 0 Å². The van der Waals surface area contributed by atoms with Crippen LogP contribution in [0.15, 0.2) is 66.2 Å². The zero-order valence-electron chi connectivity index (χ0n) is 16.6. The molecule has 1 amide bonds. The fourth-order valence-electron chi connectivity index (χ4n) is 2.81. The largest absolute Gasteiger partial charge is 0.456 e. The normalized spacial score (nSPS) is 10.7. The van der Waals surface area contributed by atoms with Gasteiger partial charge >= 0.3 is 0 Å². The molecular formula is C21H17FN6O3. The quantitative estimate of drug-likeness (QED) is 0.532. The van der Waals surface area contributed by atoms with Crippen molar-refractivity contribution in [3.63, 3.8) is 0 Å². The van der Waals surface area contributed by atoms with Crippen LogP contribution < -0.4 is 15.6 Å². The standard InChI is InChI=1S/C21H17FN6O3/c1-27-11-18(25-12-27)17-9-13(5-6-23-17)31-14-8-16(22)19(24-10-14)26-20(29)15-4-3-7-28(2)21(15)30/h3-12H,1-2H3,(H,24,26,29). The Kier molecular flexibility index (Phi) is 5.27. The third-order valence-electron chi connectivity index (χ3n) is 4.35. The van der Waals surface area contributed by atoms with Crippen LogP contribution in [-0.4, -0.2) is 30.0 Å². The van der Waals surface area contributed by atoms with Gasteiger partial charge in [0, 0.05) is 44.8 Å². The van der Waals surface area contributed by atoms with Crippen LogP contribution in [-0.2, 0) is 14.1 Å². The average Bonchev–Trinajstić information content (AvgIpc) is 3.18. The predicted octanol–water partition coefficient (Wildman–Crippen LogP) is 2.76. The lowest BCUT2D eigenvalue weighted by Crippen LogP contribution is -2.27. The molecule has 31 heavy (non-hydrogen) atoms. The summed E-state index contributed by atoms with van der Waals surface area (Å²) in [6, 6.07) is 7.28. The molecule has 0 atom stereocenters. The van der Waals surface area contributed by atoms with Crippen LogP contribution >= 0.6 is 0 Å². The molecular weight excluding hydrogens is 403 g/mol. The summed E-state index contributed by atoms with van der Waals surface area (Å²) in [5, 5.41) is 2.30. The molecule has 0 bridgehead atoms. The van der Waals surface area contributed by atoms with Gasteiger partial charge in [-0.25, -0.2) is 14.4 Å². The Hall–Kier alpha value is -4.34. The fraction of sp³-hybridized carbons (Fsp3) is 0.0952. The van der Waals surface area contributed by atoms with E-state index in [1.807, 2.05) is 13.2 Å². The SMILES string of the molecule is Cn1cnc(-c2cc(Oc3cnc(NC(=O)c4cccn(C)c4=O)c(F)c3)ccn2)c1. The Morgan fingerprint density at radius 3 is 2.68 bits per heavy atom. The maximum Gasteiger partial charge on any atom is 0.263 e. The summed E-state index contributed by atoms with van der Waals surface area (Å²) in [5.41, 5.74) is 0.648. The maximum atomic E-state index is 14.5. The van der Waals surface area contributed by atoms with E-state index in [2.05, 4.69) is 20.3 Å². The molecule has 156 valence electrons. The number of imidazole rings is 1. The number of aryl methyl sites for hydroxylation is 2. The first-order valence-electron chi connectivity index (χ1n) is 9.15. The molecule has 0 fully saturated rings. The van der Waals surface area contributed by atoms with Crippen LogP contribution in [0.4, 0.5) is 10.2 Å². The summed E-state index contributed by atoms with van der Waals surface area (Å²) in [4.78, 5) is 36.7. The summed E-state index contributed by atoms with van der Waals surface area (Å²) in [6.45, 7) is 0. The number of hydrogen-bond acceptors (Lipinski definition) is 6. The molecule has 0 aromatic carbocycles. The van der Waals surface area contributed by atoms with Gasteiger partial charge in [0.15, 0.2) is 11.6 Å². The Bertz CT molecular complexity index is 1330. The molecule has 4 heterocycles. The Morgan fingerprint density at radius 1 is 1.10 bits per heavy atom. The molecule has 4 aromatic heterocycles. The van der Waals surface area contributed by atoms with Gasteiger partial charge in [0.1, 0.15) is 22.8 Å². The molecule has 0 aliphatic rings. The number of nitrogens with one attached hydrogen (secondary N) is 1. The zero-order chi connectivity index (χ0) is 22.0. The molecule has 9 nitrogen and oxygen atoms in total. The van der Waals surface area contributed by atoms with Crippen molar-refractivity contribution in [2.24, 2.45) is 14.1 Å². The first-order valence-corrected chi connectivity index (χ1v) is 9.15. The second kappa shape index (κ2) is 8.19. The summed E-state index contributed by atoms with van der Waals surface area (Å²) >= 11 is 0. The second-order valence-electron chi connectivity index (χ2n) is 6.70. The fourth-order valence-corrected chi connectivity index (χ4v) is 2.81. The van der Waals surface area contributed by atoms with Gasteiger partial charge in [-0.05, 0) is 18.2 Å². The lowest BCUT2D eigenvalue weighted by molar-refractivity contribution is 0.102. The lowest BCUT2D eigenvalue weighted by Gasteiger charge is -2.09. The summed E-state index contributed by atoms with van der Waals surface area (Å²) in [6.07, 6.45) is 7.80. The molecule has 0 unspecified atom stereocenters. The molecule has 4 aromatic rings. The average molecular weight is 420 g/mol.